The van der Waals surface area contributed by atoms with Crippen LogP contribution in [0, 0.1) is 25.2 Å². The first-order valence-corrected chi connectivity index (χ1v) is 5.26. The highest BCUT2D eigenvalue weighted by Gasteiger charge is 2.05. The van der Waals surface area contributed by atoms with Crippen molar-refractivity contribution in [3.8, 4) is 6.07 Å². The Labute approximate surface area is 86.8 Å². The van der Waals surface area contributed by atoms with Crippen LogP contribution in [-0.2, 0) is 6.42 Å². The van der Waals surface area contributed by atoms with Gasteiger partial charge >= 0.3 is 0 Å². The molecule has 0 fully saturated rings. The molecule has 0 saturated heterocycles. The number of hydrogen-bond acceptors (Lipinski definition) is 3. The Bertz CT molecular complexity index is 520. The third-order valence-corrected chi connectivity index (χ3v) is 3.30. The van der Waals surface area contributed by atoms with Crippen molar-refractivity contribution in [3.63, 3.8) is 0 Å². The monoisotopic (exact) mass is 202 g/mol. The summed E-state index contributed by atoms with van der Waals surface area (Å²) < 4.78 is 1.21. The van der Waals surface area contributed by atoms with E-state index >= 15 is 0 Å². The van der Waals surface area contributed by atoms with Crippen LogP contribution >= 0.6 is 11.3 Å². The smallest absolute Gasteiger partial charge is 0.108 e. The molecule has 0 unspecified atom stereocenters. The van der Waals surface area contributed by atoms with Crippen LogP contribution in [0.5, 0.6) is 0 Å². The van der Waals surface area contributed by atoms with Crippen LogP contribution in [-0.4, -0.2) is 4.98 Å². The Morgan fingerprint density at radius 3 is 2.93 bits per heavy atom. The zero-order valence-electron chi connectivity index (χ0n) is 8.16. The Hall–Kier alpha value is -1.40. The summed E-state index contributed by atoms with van der Waals surface area (Å²) >= 11 is 1.62. The lowest BCUT2D eigenvalue weighted by Crippen LogP contribution is -1.79. The second-order valence-electron chi connectivity index (χ2n) is 3.37. The van der Waals surface area contributed by atoms with Crippen LogP contribution in [0.4, 0.5) is 0 Å². The molecule has 2 rings (SSSR count). The highest BCUT2D eigenvalue weighted by Crippen LogP contribution is 2.26. The number of aryl methyl sites for hydroxylation is 2. The van der Waals surface area contributed by atoms with E-state index in [4.69, 9.17) is 5.26 Å². The maximum atomic E-state index is 8.59. The van der Waals surface area contributed by atoms with Gasteiger partial charge in [0.05, 0.1) is 22.7 Å². The summed E-state index contributed by atoms with van der Waals surface area (Å²) in [5.41, 5.74) is 3.50. The van der Waals surface area contributed by atoms with Crippen LogP contribution in [0.1, 0.15) is 16.1 Å². The molecular formula is C11H10N2S. The minimum atomic E-state index is 0.415. The molecule has 0 atom stereocenters. The average molecular weight is 202 g/mol. The van der Waals surface area contributed by atoms with E-state index in [-0.39, 0.29) is 0 Å². The topological polar surface area (TPSA) is 36.7 Å². The largest absolute Gasteiger partial charge is 0.240 e. The van der Waals surface area contributed by atoms with Gasteiger partial charge in [0.2, 0.25) is 0 Å². The van der Waals surface area contributed by atoms with E-state index in [2.05, 4.69) is 37.0 Å². The second-order valence-corrected chi connectivity index (χ2v) is 4.46. The Morgan fingerprint density at radius 2 is 2.21 bits per heavy atom. The predicted molar refractivity (Wildman–Crippen MR) is 58.4 cm³/mol. The lowest BCUT2D eigenvalue weighted by molar-refractivity contribution is 1.21. The molecule has 0 aliphatic heterocycles. The maximum absolute atomic E-state index is 8.59. The van der Waals surface area contributed by atoms with Gasteiger partial charge in [-0.1, -0.05) is 6.07 Å². The summed E-state index contributed by atoms with van der Waals surface area (Å²) in [6, 6.07) is 6.35. The first-order chi connectivity index (χ1) is 6.70. The quantitative estimate of drug-likeness (QED) is 0.712. The fourth-order valence-corrected chi connectivity index (χ4v) is 2.51. The maximum Gasteiger partial charge on any atom is 0.108 e. The number of thiazole rings is 1. The van der Waals surface area contributed by atoms with E-state index in [1.807, 2.05) is 0 Å². The normalized spacial score (nSPS) is 10.4. The molecular weight excluding hydrogens is 192 g/mol. The Balaban J connectivity index is 2.66. The molecule has 0 bridgehead atoms. The summed E-state index contributed by atoms with van der Waals surface area (Å²) in [6.07, 6.45) is 0.415. The predicted octanol–water partition coefficient (Wildman–Crippen LogP) is 2.98. The molecule has 14 heavy (non-hydrogen) atoms. The second kappa shape index (κ2) is 3.39. The van der Waals surface area contributed by atoms with E-state index in [0.717, 1.165) is 10.5 Å². The van der Waals surface area contributed by atoms with Crippen LogP contribution in [0.25, 0.3) is 10.2 Å². The molecule has 1 heterocycles. The van der Waals surface area contributed by atoms with Crippen molar-refractivity contribution in [2.75, 3.05) is 0 Å². The molecule has 0 amide bonds. The fourth-order valence-electron chi connectivity index (χ4n) is 1.57. The van der Waals surface area contributed by atoms with Crippen LogP contribution in [0.3, 0.4) is 0 Å². The molecule has 0 N–H and O–H groups in total. The molecule has 1 aromatic carbocycles. The third kappa shape index (κ3) is 1.49. The molecule has 0 aliphatic rings. The molecule has 0 aliphatic carbocycles. The van der Waals surface area contributed by atoms with Gasteiger partial charge in [0.25, 0.3) is 0 Å². The summed E-state index contributed by atoms with van der Waals surface area (Å²) in [5.74, 6) is 0. The molecule has 2 aromatic rings. The molecule has 1 aromatic heterocycles. The van der Waals surface area contributed by atoms with Gasteiger partial charge in [-0.2, -0.15) is 5.26 Å². The number of nitrogens with zero attached hydrogens (tertiary/aromatic N) is 2. The summed E-state index contributed by atoms with van der Waals surface area (Å²) in [5, 5.41) is 9.50. The van der Waals surface area contributed by atoms with Gasteiger partial charge in [0, 0.05) is 0 Å². The summed E-state index contributed by atoms with van der Waals surface area (Å²) in [6.45, 7) is 4.15. The van der Waals surface area contributed by atoms with E-state index in [0.29, 0.717) is 6.42 Å². The zero-order chi connectivity index (χ0) is 10.1. The first-order valence-electron chi connectivity index (χ1n) is 4.44. The summed E-state index contributed by atoms with van der Waals surface area (Å²) in [7, 11) is 0. The highest BCUT2D eigenvalue weighted by molar-refractivity contribution is 7.18. The van der Waals surface area contributed by atoms with E-state index in [1.165, 1.54) is 15.8 Å². The number of fused-ring (bicyclic) bond motifs is 1. The number of rotatable bonds is 1. The molecule has 0 radical (unpaired) electrons. The average Bonchev–Trinajstić information content (AvgIpc) is 2.48. The lowest BCUT2D eigenvalue weighted by atomic mass is 10.1. The minimum absolute atomic E-state index is 0.415. The van der Waals surface area contributed by atoms with Gasteiger partial charge in [-0.3, -0.25) is 0 Å². The van der Waals surface area contributed by atoms with Crippen molar-refractivity contribution < 1.29 is 0 Å². The molecule has 0 saturated carbocycles. The van der Waals surface area contributed by atoms with Gasteiger partial charge in [0.15, 0.2) is 0 Å². The Morgan fingerprint density at radius 1 is 1.43 bits per heavy atom. The van der Waals surface area contributed by atoms with Crippen molar-refractivity contribution in [1.82, 2.24) is 4.98 Å². The van der Waals surface area contributed by atoms with Crippen molar-refractivity contribution >= 4 is 21.6 Å². The fraction of sp³-hybridized carbons (Fsp3) is 0.273. The highest BCUT2D eigenvalue weighted by atomic mass is 32.1. The summed E-state index contributed by atoms with van der Waals surface area (Å²) in [4.78, 5) is 4.42. The first kappa shape index (κ1) is 9.17. The number of nitriles is 1. The lowest BCUT2D eigenvalue weighted by Gasteiger charge is -1.95. The molecule has 2 nitrogen and oxygen atoms in total. The van der Waals surface area contributed by atoms with Crippen LogP contribution < -0.4 is 0 Å². The third-order valence-electron chi connectivity index (χ3n) is 2.09. The van der Waals surface area contributed by atoms with Crippen molar-refractivity contribution in [1.29, 1.82) is 5.26 Å². The zero-order valence-corrected chi connectivity index (χ0v) is 8.98. The van der Waals surface area contributed by atoms with E-state index in [9.17, 15) is 0 Å². The number of benzene rings is 1. The molecule has 3 heteroatoms. The van der Waals surface area contributed by atoms with Crippen LogP contribution in [0.15, 0.2) is 12.1 Å². The van der Waals surface area contributed by atoms with Crippen LogP contribution in [0.2, 0.25) is 0 Å². The van der Waals surface area contributed by atoms with Crippen molar-refractivity contribution in [2.24, 2.45) is 0 Å². The van der Waals surface area contributed by atoms with Gasteiger partial charge in [0.1, 0.15) is 5.01 Å². The minimum Gasteiger partial charge on any atom is -0.240 e. The van der Waals surface area contributed by atoms with Gasteiger partial charge < -0.3 is 0 Å². The number of hydrogen-bond donors (Lipinski definition) is 0. The Kier molecular flexibility index (Phi) is 2.22. The molecule has 0 spiro atoms. The van der Waals surface area contributed by atoms with Crippen molar-refractivity contribution in [2.45, 2.75) is 20.3 Å². The molecule has 70 valence electrons. The SMILES string of the molecule is Cc1cc(C)c2sc(CC#N)nc2c1. The van der Waals surface area contributed by atoms with Crippen molar-refractivity contribution in [3.05, 3.63) is 28.3 Å². The van der Waals surface area contributed by atoms with Gasteiger partial charge in [-0.25, -0.2) is 4.98 Å². The number of aromatic nitrogens is 1. The van der Waals surface area contributed by atoms with E-state index in [1.54, 1.807) is 11.3 Å². The van der Waals surface area contributed by atoms with Gasteiger partial charge in [-0.05, 0) is 31.0 Å². The van der Waals surface area contributed by atoms with Gasteiger partial charge in [-0.15, -0.1) is 11.3 Å². The van der Waals surface area contributed by atoms with E-state index < -0.39 is 0 Å². The standard InChI is InChI=1S/C11H10N2S/c1-7-5-8(2)11-9(6-7)13-10(14-11)3-4-12/h5-6H,3H2,1-2H3.